The third-order valence-electron chi connectivity index (χ3n) is 3.95. The summed E-state index contributed by atoms with van der Waals surface area (Å²) < 4.78 is 27.7. The van der Waals surface area contributed by atoms with Crippen LogP contribution in [0, 0.1) is 13.8 Å². The average Bonchev–Trinajstić information content (AvgIpc) is 2.42. The number of aryl methyl sites for hydroxylation is 1. The third kappa shape index (κ3) is 3.98. The van der Waals surface area contributed by atoms with E-state index in [4.69, 9.17) is 5.73 Å². The van der Waals surface area contributed by atoms with E-state index >= 15 is 0 Å². The Morgan fingerprint density at radius 3 is 2.38 bits per heavy atom. The number of anilines is 1. The molecule has 2 N–H and O–H groups in total. The van der Waals surface area contributed by atoms with Crippen LogP contribution >= 0.6 is 0 Å². The Hall–Kier alpha value is -1.07. The van der Waals surface area contributed by atoms with Crippen molar-refractivity contribution in [2.75, 3.05) is 12.3 Å². The van der Waals surface area contributed by atoms with Crippen LogP contribution in [0.3, 0.4) is 0 Å². The number of benzene rings is 1. The fraction of sp³-hybridized carbons (Fsp3) is 0.625. The summed E-state index contributed by atoms with van der Waals surface area (Å²) in [4.78, 5) is 0.344. The Morgan fingerprint density at radius 1 is 1.24 bits per heavy atom. The molecule has 1 unspecified atom stereocenters. The third-order valence-corrected chi connectivity index (χ3v) is 6.09. The molecular weight excluding hydrogens is 284 g/mol. The maximum absolute atomic E-state index is 13.0. The fourth-order valence-electron chi connectivity index (χ4n) is 2.34. The monoisotopic (exact) mass is 312 g/mol. The number of sulfonamides is 1. The molecule has 1 atom stereocenters. The van der Waals surface area contributed by atoms with Crippen molar-refractivity contribution >= 4 is 15.7 Å². The van der Waals surface area contributed by atoms with Gasteiger partial charge in [0.25, 0.3) is 0 Å². The summed E-state index contributed by atoms with van der Waals surface area (Å²) in [5.41, 5.74) is 7.99. The predicted molar refractivity (Wildman–Crippen MR) is 88.9 cm³/mol. The number of unbranched alkanes of at least 4 members (excludes halogenated alkanes) is 1. The first kappa shape index (κ1) is 18.0. The molecule has 0 aromatic heterocycles. The van der Waals surface area contributed by atoms with Gasteiger partial charge in [-0.15, -0.1) is 0 Å². The van der Waals surface area contributed by atoms with E-state index < -0.39 is 10.0 Å². The first-order valence-corrected chi connectivity index (χ1v) is 9.08. The minimum Gasteiger partial charge on any atom is -0.398 e. The van der Waals surface area contributed by atoms with E-state index in [-0.39, 0.29) is 6.04 Å². The minimum absolute atomic E-state index is 0.0114. The van der Waals surface area contributed by atoms with Crippen molar-refractivity contribution < 1.29 is 8.42 Å². The van der Waals surface area contributed by atoms with E-state index in [9.17, 15) is 8.42 Å². The van der Waals surface area contributed by atoms with Crippen LogP contribution in [-0.4, -0.2) is 25.3 Å². The number of hydrogen-bond donors (Lipinski definition) is 1. The van der Waals surface area contributed by atoms with E-state index in [2.05, 4.69) is 6.92 Å². The Balaban J connectivity index is 3.35. The summed E-state index contributed by atoms with van der Waals surface area (Å²) in [5.74, 6) is 0. The molecule has 0 aliphatic rings. The van der Waals surface area contributed by atoms with Crippen molar-refractivity contribution in [2.45, 2.75) is 64.8 Å². The normalized spacial score (nSPS) is 13.6. The molecule has 1 rings (SSSR count). The van der Waals surface area contributed by atoms with Gasteiger partial charge in [0.1, 0.15) is 0 Å². The summed E-state index contributed by atoms with van der Waals surface area (Å²) in [5, 5.41) is 0. The molecule has 0 saturated carbocycles. The van der Waals surface area contributed by atoms with E-state index in [1.807, 2.05) is 26.8 Å². The van der Waals surface area contributed by atoms with E-state index in [1.54, 1.807) is 17.3 Å². The van der Waals surface area contributed by atoms with Gasteiger partial charge in [0, 0.05) is 18.3 Å². The molecule has 0 aliphatic carbocycles. The van der Waals surface area contributed by atoms with Gasteiger partial charge in [-0.05, 0) is 56.9 Å². The molecule has 0 heterocycles. The molecule has 0 amide bonds. The van der Waals surface area contributed by atoms with E-state index in [0.29, 0.717) is 22.7 Å². The molecule has 4 nitrogen and oxygen atoms in total. The Kier molecular flexibility index (Phi) is 6.23. The largest absolute Gasteiger partial charge is 0.398 e. The zero-order chi connectivity index (χ0) is 16.2. The predicted octanol–water partition coefficient (Wildman–Crippen LogP) is 3.47. The van der Waals surface area contributed by atoms with Crippen LogP contribution < -0.4 is 5.73 Å². The summed E-state index contributed by atoms with van der Waals surface area (Å²) in [6.45, 7) is 10.2. The molecular formula is C16H28N2O2S. The van der Waals surface area contributed by atoms with E-state index in [0.717, 1.165) is 24.8 Å². The van der Waals surface area contributed by atoms with Gasteiger partial charge in [0.15, 0.2) is 0 Å². The minimum atomic E-state index is -3.51. The van der Waals surface area contributed by atoms with Crippen LogP contribution in [0.25, 0.3) is 0 Å². The smallest absolute Gasteiger partial charge is 0.243 e. The van der Waals surface area contributed by atoms with Crippen molar-refractivity contribution in [3.05, 3.63) is 23.3 Å². The summed E-state index contributed by atoms with van der Waals surface area (Å²) in [6.07, 6.45) is 2.63. The fourth-order valence-corrected chi connectivity index (χ4v) is 4.43. The molecule has 0 bridgehead atoms. The van der Waals surface area contributed by atoms with Crippen molar-refractivity contribution in [1.82, 2.24) is 4.31 Å². The Bertz CT molecular complexity index is 582. The van der Waals surface area contributed by atoms with Crippen molar-refractivity contribution in [3.63, 3.8) is 0 Å². The van der Waals surface area contributed by atoms with Gasteiger partial charge in [0.05, 0.1) is 4.90 Å². The second-order valence-electron chi connectivity index (χ2n) is 5.70. The summed E-state index contributed by atoms with van der Waals surface area (Å²) >= 11 is 0. The maximum atomic E-state index is 13.0. The first-order chi connectivity index (χ1) is 9.75. The molecule has 0 radical (unpaired) electrons. The SMILES string of the molecule is CCCCN(C(C)CC)S(=O)(=O)c1cc(C)cc(N)c1C. The number of nitrogens with zero attached hydrogens (tertiary/aromatic N) is 1. The van der Waals surface area contributed by atoms with E-state index in [1.165, 1.54) is 0 Å². The highest BCUT2D eigenvalue weighted by Gasteiger charge is 2.29. The molecule has 120 valence electrons. The summed E-state index contributed by atoms with van der Waals surface area (Å²) in [7, 11) is -3.51. The second-order valence-corrected chi connectivity index (χ2v) is 7.56. The lowest BCUT2D eigenvalue weighted by Gasteiger charge is -2.28. The van der Waals surface area contributed by atoms with Crippen LogP contribution in [-0.2, 0) is 10.0 Å². The van der Waals surface area contributed by atoms with Gasteiger partial charge in [-0.25, -0.2) is 8.42 Å². The molecule has 0 aliphatic heterocycles. The number of hydrogen-bond acceptors (Lipinski definition) is 3. The van der Waals surface area contributed by atoms with Crippen LogP contribution in [0.4, 0.5) is 5.69 Å². The van der Waals surface area contributed by atoms with Gasteiger partial charge in [-0.3, -0.25) is 0 Å². The Labute approximate surface area is 129 Å². The highest BCUT2D eigenvalue weighted by atomic mass is 32.2. The quantitative estimate of drug-likeness (QED) is 0.784. The molecule has 0 spiro atoms. The first-order valence-electron chi connectivity index (χ1n) is 7.64. The van der Waals surface area contributed by atoms with Crippen LogP contribution in [0.5, 0.6) is 0 Å². The molecule has 0 saturated heterocycles. The molecule has 21 heavy (non-hydrogen) atoms. The van der Waals surface area contributed by atoms with Crippen LogP contribution in [0.2, 0.25) is 0 Å². The Morgan fingerprint density at radius 2 is 1.86 bits per heavy atom. The lowest BCUT2D eigenvalue weighted by molar-refractivity contribution is 0.324. The number of nitrogen functional groups attached to an aromatic ring is 1. The molecule has 1 aromatic carbocycles. The highest BCUT2D eigenvalue weighted by molar-refractivity contribution is 7.89. The topological polar surface area (TPSA) is 63.4 Å². The maximum Gasteiger partial charge on any atom is 0.243 e. The standard InChI is InChI=1S/C16H28N2O2S/c1-6-8-9-18(13(4)7-2)21(19,20)16-11-12(3)10-15(17)14(16)5/h10-11,13H,6-9,17H2,1-5H3. The van der Waals surface area contributed by atoms with Crippen LogP contribution in [0.15, 0.2) is 17.0 Å². The lowest BCUT2D eigenvalue weighted by atomic mass is 10.1. The van der Waals surface area contributed by atoms with Gasteiger partial charge in [0.2, 0.25) is 10.0 Å². The number of rotatable bonds is 7. The highest BCUT2D eigenvalue weighted by Crippen LogP contribution is 2.27. The molecule has 1 aromatic rings. The van der Waals surface area contributed by atoms with Gasteiger partial charge >= 0.3 is 0 Å². The van der Waals surface area contributed by atoms with Crippen molar-refractivity contribution in [3.8, 4) is 0 Å². The van der Waals surface area contributed by atoms with Gasteiger partial charge in [-0.2, -0.15) is 4.31 Å². The zero-order valence-corrected chi connectivity index (χ0v) is 14.6. The summed E-state index contributed by atoms with van der Waals surface area (Å²) in [6, 6.07) is 3.53. The van der Waals surface area contributed by atoms with Gasteiger partial charge < -0.3 is 5.73 Å². The number of nitrogens with two attached hydrogens (primary N) is 1. The molecule has 5 heteroatoms. The van der Waals surface area contributed by atoms with Crippen LogP contribution in [0.1, 0.15) is 51.2 Å². The van der Waals surface area contributed by atoms with Crippen molar-refractivity contribution in [2.24, 2.45) is 0 Å². The van der Waals surface area contributed by atoms with Crippen molar-refractivity contribution in [1.29, 1.82) is 0 Å². The lowest BCUT2D eigenvalue weighted by Crippen LogP contribution is -2.39. The zero-order valence-electron chi connectivity index (χ0n) is 13.8. The molecule has 0 fully saturated rings. The van der Waals surface area contributed by atoms with Gasteiger partial charge in [-0.1, -0.05) is 20.3 Å². The second kappa shape index (κ2) is 7.27. The average molecular weight is 312 g/mol.